The topological polar surface area (TPSA) is 66.5 Å². The van der Waals surface area contributed by atoms with Crippen molar-refractivity contribution in [3.05, 3.63) is 77.4 Å². The molecule has 0 aromatic heterocycles. The Balaban J connectivity index is 1.85. The highest BCUT2D eigenvalue weighted by Crippen LogP contribution is 2.23. The van der Waals surface area contributed by atoms with E-state index in [-0.39, 0.29) is 17.8 Å². The van der Waals surface area contributed by atoms with E-state index in [1.165, 1.54) is 5.01 Å². The van der Waals surface area contributed by atoms with E-state index in [1.54, 1.807) is 55.5 Å². The number of rotatable bonds is 4. The van der Waals surface area contributed by atoms with E-state index in [0.717, 1.165) is 0 Å². The van der Waals surface area contributed by atoms with Gasteiger partial charge in [-0.2, -0.15) is 0 Å². The van der Waals surface area contributed by atoms with Gasteiger partial charge in [0.2, 0.25) is 0 Å². The van der Waals surface area contributed by atoms with E-state index in [4.69, 9.17) is 0 Å². The van der Waals surface area contributed by atoms with Gasteiger partial charge in [-0.05, 0) is 24.6 Å². The van der Waals surface area contributed by atoms with Crippen molar-refractivity contribution < 1.29 is 14.4 Å². The summed E-state index contributed by atoms with van der Waals surface area (Å²) in [4.78, 5) is 37.0. The molecule has 0 bridgehead atoms. The minimum Gasteiger partial charge on any atom is -0.294 e. The Labute approximate surface area is 139 Å². The van der Waals surface area contributed by atoms with Crippen molar-refractivity contribution in [1.82, 2.24) is 5.43 Å². The van der Waals surface area contributed by atoms with Gasteiger partial charge in [-0.3, -0.25) is 19.8 Å². The lowest BCUT2D eigenvalue weighted by molar-refractivity contribution is -0.117. The summed E-state index contributed by atoms with van der Waals surface area (Å²) in [5.74, 6) is -1.05. The minimum atomic E-state index is -0.484. The van der Waals surface area contributed by atoms with Crippen LogP contribution in [0.25, 0.3) is 0 Å². The molecular weight excluding hydrogens is 304 g/mol. The molecular formula is C19H16N2O3. The van der Waals surface area contributed by atoms with Gasteiger partial charge in [-0.25, -0.2) is 5.01 Å². The van der Waals surface area contributed by atoms with Crippen molar-refractivity contribution in [2.75, 3.05) is 5.01 Å². The summed E-state index contributed by atoms with van der Waals surface area (Å²) < 4.78 is 0. The van der Waals surface area contributed by atoms with E-state index < -0.39 is 11.8 Å². The highest BCUT2D eigenvalue weighted by molar-refractivity contribution is 6.30. The maximum atomic E-state index is 12.5. The molecule has 3 rings (SSSR count). The highest BCUT2D eigenvalue weighted by atomic mass is 16.2. The van der Waals surface area contributed by atoms with Crippen LogP contribution < -0.4 is 10.4 Å². The fourth-order valence-corrected chi connectivity index (χ4v) is 2.61. The lowest BCUT2D eigenvalue weighted by atomic mass is 10.00. The van der Waals surface area contributed by atoms with Crippen LogP contribution in [0.1, 0.15) is 23.7 Å². The zero-order valence-electron chi connectivity index (χ0n) is 13.2. The number of allylic oxidation sites excluding steroid dienone is 1. The number of Topliss-reactive ketones (excluding diaryl/α,β-unsaturated/α-hetero) is 1. The molecule has 0 radical (unpaired) electrons. The zero-order chi connectivity index (χ0) is 17.1. The molecule has 0 spiro atoms. The lowest BCUT2D eigenvalue weighted by Crippen LogP contribution is -2.35. The molecule has 1 saturated heterocycles. The van der Waals surface area contributed by atoms with E-state index in [0.29, 0.717) is 16.8 Å². The van der Waals surface area contributed by atoms with Crippen molar-refractivity contribution >= 4 is 23.3 Å². The first-order chi connectivity index (χ1) is 11.6. The fourth-order valence-electron chi connectivity index (χ4n) is 2.61. The number of hydrogen-bond acceptors (Lipinski definition) is 3. The number of amides is 2. The number of carbonyl (C=O) groups is 3. The summed E-state index contributed by atoms with van der Waals surface area (Å²) in [7, 11) is 0. The SMILES string of the molecule is C/C(CC(=O)c1ccccc1)=C1\C(=O)NN(c2ccccc2)C1=O. The van der Waals surface area contributed by atoms with Crippen LogP contribution in [0.2, 0.25) is 0 Å². The summed E-state index contributed by atoms with van der Waals surface area (Å²) in [5.41, 5.74) is 4.17. The van der Waals surface area contributed by atoms with Crippen molar-refractivity contribution in [2.24, 2.45) is 0 Å². The Bertz CT molecular complexity index is 826. The second-order valence-electron chi connectivity index (χ2n) is 5.54. The average molecular weight is 320 g/mol. The van der Waals surface area contributed by atoms with Crippen LogP contribution in [0, 0.1) is 0 Å². The second kappa shape index (κ2) is 6.50. The quantitative estimate of drug-likeness (QED) is 0.535. The lowest BCUT2D eigenvalue weighted by Gasteiger charge is -2.14. The molecule has 0 unspecified atom stereocenters. The Kier molecular flexibility index (Phi) is 4.24. The summed E-state index contributed by atoms with van der Waals surface area (Å²) in [5, 5.41) is 1.20. The molecule has 120 valence electrons. The number of para-hydroxylation sites is 1. The van der Waals surface area contributed by atoms with Crippen molar-refractivity contribution in [2.45, 2.75) is 13.3 Å². The van der Waals surface area contributed by atoms with E-state index in [9.17, 15) is 14.4 Å². The zero-order valence-corrected chi connectivity index (χ0v) is 13.2. The molecule has 2 aromatic rings. The van der Waals surface area contributed by atoms with Gasteiger partial charge in [-0.1, -0.05) is 48.5 Å². The first-order valence-electron chi connectivity index (χ1n) is 7.56. The van der Waals surface area contributed by atoms with E-state index in [1.807, 2.05) is 12.1 Å². The van der Waals surface area contributed by atoms with Crippen LogP contribution in [-0.2, 0) is 9.59 Å². The standard InChI is InChI=1S/C19H16N2O3/c1-13(12-16(22)14-8-4-2-5-9-14)17-18(23)20-21(19(17)24)15-10-6-3-7-11-15/h2-11H,12H2,1H3,(H,20,23)/b17-13-. The number of hydrogen-bond donors (Lipinski definition) is 1. The molecule has 24 heavy (non-hydrogen) atoms. The molecule has 2 aromatic carbocycles. The van der Waals surface area contributed by atoms with Crippen molar-refractivity contribution in [3.8, 4) is 0 Å². The summed E-state index contributed by atoms with van der Waals surface area (Å²) >= 11 is 0. The second-order valence-corrected chi connectivity index (χ2v) is 5.54. The molecule has 0 aliphatic carbocycles. The van der Waals surface area contributed by atoms with E-state index >= 15 is 0 Å². The molecule has 1 fully saturated rings. The van der Waals surface area contributed by atoms with Crippen LogP contribution in [0.15, 0.2) is 71.8 Å². The van der Waals surface area contributed by atoms with Gasteiger partial charge in [0, 0.05) is 12.0 Å². The Morgan fingerprint density at radius 3 is 2.17 bits per heavy atom. The molecule has 0 atom stereocenters. The third-order valence-electron chi connectivity index (χ3n) is 3.82. The maximum absolute atomic E-state index is 12.5. The molecule has 5 nitrogen and oxygen atoms in total. The molecule has 0 saturated carbocycles. The average Bonchev–Trinajstić information content (AvgIpc) is 2.91. The van der Waals surface area contributed by atoms with Crippen LogP contribution in [0.4, 0.5) is 5.69 Å². The largest absolute Gasteiger partial charge is 0.294 e. The Morgan fingerprint density at radius 1 is 0.958 bits per heavy atom. The number of ketones is 1. The molecule has 5 heteroatoms. The van der Waals surface area contributed by atoms with E-state index in [2.05, 4.69) is 5.43 Å². The first kappa shape index (κ1) is 15.7. The van der Waals surface area contributed by atoms with Crippen LogP contribution in [-0.4, -0.2) is 17.6 Å². The third-order valence-corrected chi connectivity index (χ3v) is 3.82. The van der Waals surface area contributed by atoms with Gasteiger partial charge in [0.15, 0.2) is 5.78 Å². The Hall–Kier alpha value is -3.21. The van der Waals surface area contributed by atoms with Gasteiger partial charge < -0.3 is 0 Å². The monoisotopic (exact) mass is 320 g/mol. The minimum absolute atomic E-state index is 0.0289. The predicted octanol–water partition coefficient (Wildman–Crippen LogP) is 2.65. The predicted molar refractivity (Wildman–Crippen MR) is 90.2 cm³/mol. The number of carbonyl (C=O) groups excluding carboxylic acids is 3. The summed E-state index contributed by atoms with van der Waals surface area (Å²) in [6.07, 6.45) is 0.0289. The third kappa shape index (κ3) is 2.96. The Morgan fingerprint density at radius 2 is 1.54 bits per heavy atom. The normalized spacial score (nSPS) is 16.1. The van der Waals surface area contributed by atoms with Crippen LogP contribution in [0.3, 0.4) is 0 Å². The van der Waals surface area contributed by atoms with Crippen LogP contribution >= 0.6 is 0 Å². The number of nitrogens with zero attached hydrogens (tertiary/aromatic N) is 1. The van der Waals surface area contributed by atoms with Gasteiger partial charge in [0.25, 0.3) is 11.8 Å². The number of anilines is 1. The first-order valence-corrected chi connectivity index (χ1v) is 7.56. The van der Waals surface area contributed by atoms with Gasteiger partial charge in [0.05, 0.1) is 5.69 Å². The number of hydrazine groups is 1. The van der Waals surface area contributed by atoms with Crippen molar-refractivity contribution in [3.63, 3.8) is 0 Å². The molecule has 1 aliphatic rings. The van der Waals surface area contributed by atoms with Gasteiger partial charge >= 0.3 is 0 Å². The highest BCUT2D eigenvalue weighted by Gasteiger charge is 2.36. The number of nitrogens with one attached hydrogen (secondary N) is 1. The van der Waals surface area contributed by atoms with Crippen molar-refractivity contribution in [1.29, 1.82) is 0 Å². The number of benzene rings is 2. The maximum Gasteiger partial charge on any atom is 0.282 e. The van der Waals surface area contributed by atoms with Crippen LogP contribution in [0.5, 0.6) is 0 Å². The van der Waals surface area contributed by atoms with Gasteiger partial charge in [-0.15, -0.1) is 0 Å². The van der Waals surface area contributed by atoms with Gasteiger partial charge in [0.1, 0.15) is 5.57 Å². The summed E-state index contributed by atoms with van der Waals surface area (Å²) in [6.45, 7) is 1.64. The fraction of sp³-hybridized carbons (Fsp3) is 0.105. The molecule has 1 heterocycles. The molecule has 1 N–H and O–H groups in total. The summed E-state index contributed by atoms with van der Waals surface area (Å²) in [6, 6.07) is 17.7. The molecule has 2 amide bonds. The smallest absolute Gasteiger partial charge is 0.282 e. The molecule has 1 aliphatic heterocycles.